The monoisotopic (exact) mass is 228 g/mol. The maximum Gasteiger partial charge on any atom is 0.235 e. The minimum absolute atomic E-state index is 0.278. The van der Waals surface area contributed by atoms with E-state index in [9.17, 15) is 9.18 Å². The molecule has 15 heavy (non-hydrogen) atoms. The van der Waals surface area contributed by atoms with Crippen LogP contribution >= 0.6 is 11.8 Å². The van der Waals surface area contributed by atoms with E-state index >= 15 is 0 Å². The predicted molar refractivity (Wildman–Crippen MR) is 59.2 cm³/mol. The van der Waals surface area contributed by atoms with Gasteiger partial charge in [0.15, 0.2) is 0 Å². The number of hydrogen-bond donors (Lipinski definition) is 2. The number of nitrogens with one attached hydrogen (secondary N) is 1. The first-order valence-electron chi connectivity index (χ1n) is 4.48. The van der Waals surface area contributed by atoms with Crippen LogP contribution < -0.4 is 11.1 Å². The molecular weight excluding hydrogens is 215 g/mol. The summed E-state index contributed by atoms with van der Waals surface area (Å²) >= 11 is 1.39. The van der Waals surface area contributed by atoms with E-state index in [0.717, 1.165) is 4.90 Å². The number of primary amides is 1. The van der Waals surface area contributed by atoms with Crippen LogP contribution in [-0.4, -0.2) is 24.7 Å². The Balaban J connectivity index is 2.52. The molecule has 0 aliphatic carbocycles. The molecule has 3 N–H and O–H groups in total. The lowest BCUT2D eigenvalue weighted by molar-refractivity contribution is -0.119. The van der Waals surface area contributed by atoms with Crippen molar-refractivity contribution in [2.75, 3.05) is 12.8 Å². The highest BCUT2D eigenvalue weighted by Gasteiger charge is 2.12. The molecule has 1 atom stereocenters. The summed E-state index contributed by atoms with van der Waals surface area (Å²) in [6.45, 7) is 0. The van der Waals surface area contributed by atoms with Gasteiger partial charge >= 0.3 is 0 Å². The SMILES string of the molecule is CNC(CSc1cccc(F)c1)C(N)=O. The highest BCUT2D eigenvalue weighted by molar-refractivity contribution is 7.99. The summed E-state index contributed by atoms with van der Waals surface area (Å²) in [4.78, 5) is 11.7. The molecule has 0 aromatic heterocycles. The number of rotatable bonds is 5. The smallest absolute Gasteiger partial charge is 0.235 e. The van der Waals surface area contributed by atoms with Gasteiger partial charge in [-0.3, -0.25) is 4.79 Å². The van der Waals surface area contributed by atoms with Gasteiger partial charge in [0.25, 0.3) is 0 Å². The number of halogens is 1. The van der Waals surface area contributed by atoms with Crippen molar-refractivity contribution in [3.05, 3.63) is 30.1 Å². The summed E-state index contributed by atoms with van der Waals surface area (Å²) in [5, 5.41) is 2.80. The topological polar surface area (TPSA) is 55.1 Å². The van der Waals surface area contributed by atoms with Gasteiger partial charge in [-0.25, -0.2) is 4.39 Å². The van der Waals surface area contributed by atoms with Gasteiger partial charge in [0.05, 0.1) is 6.04 Å². The fourth-order valence-electron chi connectivity index (χ4n) is 1.04. The quantitative estimate of drug-likeness (QED) is 0.739. The minimum Gasteiger partial charge on any atom is -0.368 e. The van der Waals surface area contributed by atoms with Gasteiger partial charge in [-0.1, -0.05) is 6.07 Å². The second-order valence-electron chi connectivity index (χ2n) is 3.01. The van der Waals surface area contributed by atoms with Crippen LogP contribution in [0.25, 0.3) is 0 Å². The van der Waals surface area contributed by atoms with Crippen molar-refractivity contribution in [2.45, 2.75) is 10.9 Å². The third kappa shape index (κ3) is 3.89. The number of carbonyl (C=O) groups excluding carboxylic acids is 1. The highest BCUT2D eigenvalue weighted by atomic mass is 32.2. The lowest BCUT2D eigenvalue weighted by Crippen LogP contribution is -2.41. The van der Waals surface area contributed by atoms with Crippen LogP contribution in [0, 0.1) is 5.82 Å². The molecule has 0 fully saturated rings. The van der Waals surface area contributed by atoms with Crippen LogP contribution in [0.3, 0.4) is 0 Å². The second-order valence-corrected chi connectivity index (χ2v) is 4.11. The average molecular weight is 228 g/mol. The molecule has 0 heterocycles. The average Bonchev–Trinajstić information content (AvgIpc) is 2.18. The Labute approximate surface area is 92.2 Å². The van der Waals surface area contributed by atoms with Crippen molar-refractivity contribution in [3.63, 3.8) is 0 Å². The number of likely N-dealkylation sites (N-methyl/N-ethyl adjacent to an activating group) is 1. The van der Waals surface area contributed by atoms with Crippen molar-refractivity contribution in [1.82, 2.24) is 5.32 Å². The van der Waals surface area contributed by atoms with Gasteiger partial charge in [0.2, 0.25) is 5.91 Å². The molecule has 1 unspecified atom stereocenters. The van der Waals surface area contributed by atoms with E-state index in [0.29, 0.717) is 5.75 Å². The van der Waals surface area contributed by atoms with Crippen LogP contribution in [0.1, 0.15) is 0 Å². The number of nitrogens with two attached hydrogens (primary N) is 1. The number of thioether (sulfide) groups is 1. The molecule has 0 spiro atoms. The van der Waals surface area contributed by atoms with Crippen molar-refractivity contribution in [3.8, 4) is 0 Å². The van der Waals surface area contributed by atoms with E-state index in [4.69, 9.17) is 5.73 Å². The van der Waals surface area contributed by atoms with Crippen molar-refractivity contribution in [2.24, 2.45) is 5.73 Å². The summed E-state index contributed by atoms with van der Waals surface area (Å²) in [6.07, 6.45) is 0. The van der Waals surface area contributed by atoms with Crippen molar-refractivity contribution < 1.29 is 9.18 Å². The summed E-state index contributed by atoms with van der Waals surface area (Å²) in [5.74, 6) is -0.184. The second kappa shape index (κ2) is 5.72. The van der Waals surface area contributed by atoms with Gasteiger partial charge in [-0.2, -0.15) is 0 Å². The minimum atomic E-state index is -0.401. The molecule has 1 aromatic rings. The Kier molecular flexibility index (Phi) is 4.58. The molecule has 0 radical (unpaired) electrons. The summed E-state index contributed by atoms with van der Waals surface area (Å²) < 4.78 is 12.8. The molecule has 1 rings (SSSR count). The third-order valence-electron chi connectivity index (χ3n) is 1.90. The largest absolute Gasteiger partial charge is 0.368 e. The molecule has 1 amide bonds. The van der Waals surface area contributed by atoms with E-state index in [2.05, 4.69) is 5.32 Å². The molecule has 82 valence electrons. The molecule has 3 nitrogen and oxygen atoms in total. The van der Waals surface area contributed by atoms with Crippen LogP contribution in [0.4, 0.5) is 4.39 Å². The van der Waals surface area contributed by atoms with Crippen LogP contribution in [0.2, 0.25) is 0 Å². The van der Waals surface area contributed by atoms with E-state index in [1.807, 2.05) is 0 Å². The Morgan fingerprint density at radius 2 is 2.40 bits per heavy atom. The number of benzene rings is 1. The Morgan fingerprint density at radius 3 is 2.93 bits per heavy atom. The first-order chi connectivity index (χ1) is 7.13. The summed E-state index contributed by atoms with van der Waals surface area (Å²) in [5.41, 5.74) is 5.15. The molecule has 0 aliphatic heterocycles. The molecule has 0 aliphatic rings. The Bertz CT molecular complexity index is 346. The zero-order chi connectivity index (χ0) is 11.3. The van der Waals surface area contributed by atoms with Gasteiger partial charge in [0.1, 0.15) is 5.82 Å². The lowest BCUT2D eigenvalue weighted by Gasteiger charge is -2.11. The number of amides is 1. The van der Waals surface area contributed by atoms with E-state index in [-0.39, 0.29) is 5.82 Å². The summed E-state index contributed by atoms with van der Waals surface area (Å²) in [6, 6.07) is 5.85. The third-order valence-corrected chi connectivity index (χ3v) is 2.99. The predicted octanol–water partition coefficient (Wildman–Crippen LogP) is 0.991. The number of hydrogen-bond acceptors (Lipinski definition) is 3. The van der Waals surface area contributed by atoms with Crippen LogP contribution in [0.5, 0.6) is 0 Å². The maximum atomic E-state index is 12.8. The number of carbonyl (C=O) groups is 1. The van der Waals surface area contributed by atoms with E-state index < -0.39 is 11.9 Å². The van der Waals surface area contributed by atoms with Gasteiger partial charge in [-0.05, 0) is 25.2 Å². The van der Waals surface area contributed by atoms with Crippen molar-refractivity contribution >= 4 is 17.7 Å². The Morgan fingerprint density at radius 1 is 1.67 bits per heavy atom. The maximum absolute atomic E-state index is 12.8. The standard InChI is InChI=1S/C10H13FN2OS/c1-13-9(10(12)14)6-15-8-4-2-3-7(11)5-8/h2-5,9,13H,6H2,1H3,(H2,12,14). The van der Waals surface area contributed by atoms with Gasteiger partial charge < -0.3 is 11.1 Å². The fraction of sp³-hybridized carbons (Fsp3) is 0.300. The fourth-order valence-corrected chi connectivity index (χ4v) is 2.10. The van der Waals surface area contributed by atoms with Crippen LogP contribution in [-0.2, 0) is 4.79 Å². The van der Waals surface area contributed by atoms with E-state index in [1.165, 1.54) is 23.9 Å². The van der Waals surface area contributed by atoms with E-state index in [1.54, 1.807) is 19.2 Å². The molecular formula is C10H13FN2OS. The molecule has 1 aromatic carbocycles. The van der Waals surface area contributed by atoms with Crippen molar-refractivity contribution in [1.29, 1.82) is 0 Å². The van der Waals surface area contributed by atoms with Gasteiger partial charge in [-0.15, -0.1) is 11.8 Å². The molecule has 0 bridgehead atoms. The molecule has 0 saturated heterocycles. The first-order valence-corrected chi connectivity index (χ1v) is 5.47. The zero-order valence-corrected chi connectivity index (χ0v) is 9.18. The first kappa shape index (κ1) is 12.0. The zero-order valence-electron chi connectivity index (χ0n) is 8.37. The summed E-state index contributed by atoms with van der Waals surface area (Å²) in [7, 11) is 1.67. The lowest BCUT2D eigenvalue weighted by atomic mass is 10.3. The normalized spacial score (nSPS) is 12.4. The van der Waals surface area contributed by atoms with Crippen LogP contribution in [0.15, 0.2) is 29.2 Å². The molecule has 5 heteroatoms. The highest BCUT2D eigenvalue weighted by Crippen LogP contribution is 2.19. The Hall–Kier alpha value is -1.07. The molecule has 0 saturated carbocycles. The van der Waals surface area contributed by atoms with Gasteiger partial charge in [0, 0.05) is 10.6 Å².